The van der Waals surface area contributed by atoms with E-state index >= 15 is 0 Å². The first-order chi connectivity index (χ1) is 16.4. The van der Waals surface area contributed by atoms with Gasteiger partial charge in [0.1, 0.15) is 5.75 Å². The van der Waals surface area contributed by atoms with E-state index in [1.165, 1.54) is 24.3 Å². The minimum Gasteiger partial charge on any atom is -0.496 e. The Morgan fingerprint density at radius 3 is 2.31 bits per heavy atom. The van der Waals surface area contributed by atoms with E-state index < -0.39 is 18.0 Å². The summed E-state index contributed by atoms with van der Waals surface area (Å²) in [6.07, 6.45) is 5.97. The van der Waals surface area contributed by atoms with Gasteiger partial charge in [-0.25, -0.2) is 0 Å². The lowest BCUT2D eigenvalue weighted by molar-refractivity contribution is -0.274. The number of hydrogen-bond acceptors (Lipinski definition) is 3. The smallest absolute Gasteiger partial charge is 0.496 e. The summed E-state index contributed by atoms with van der Waals surface area (Å²) in [4.78, 5) is 12.2. The molecule has 0 heterocycles. The average Bonchev–Trinajstić information content (AvgIpc) is 2.76. The van der Waals surface area contributed by atoms with E-state index in [1.807, 2.05) is 39.0 Å². The van der Waals surface area contributed by atoms with E-state index in [0.29, 0.717) is 5.57 Å². The van der Waals surface area contributed by atoms with Crippen molar-refractivity contribution in [3.05, 3.63) is 94.1 Å². The van der Waals surface area contributed by atoms with E-state index in [-0.39, 0.29) is 5.69 Å². The third-order valence-electron chi connectivity index (χ3n) is 5.29. The average molecular weight is 486 g/mol. The number of carbonyl (C=O) groups is 1. The Hall–Kier alpha value is -3.74. The molecule has 0 fully saturated rings. The van der Waals surface area contributed by atoms with E-state index in [1.54, 1.807) is 26.2 Å². The molecule has 0 aliphatic heterocycles. The summed E-state index contributed by atoms with van der Waals surface area (Å²) in [6.45, 7) is 9.83. The molecule has 1 amide bonds. The molecule has 0 aliphatic carbocycles. The zero-order valence-electron chi connectivity index (χ0n) is 20.7. The molecule has 0 saturated carbocycles. The number of carbonyl (C=O) groups excluding carboxylic acids is 1. The number of hydrogen-bond donors (Lipinski definition) is 1. The molecule has 2 rings (SSSR count). The molecule has 35 heavy (non-hydrogen) atoms. The zero-order valence-corrected chi connectivity index (χ0v) is 20.7. The van der Waals surface area contributed by atoms with Gasteiger partial charge in [-0.05, 0) is 80.6 Å². The number of amides is 1. The third-order valence-corrected chi connectivity index (χ3v) is 5.29. The number of alkyl halides is 3. The fourth-order valence-corrected chi connectivity index (χ4v) is 3.36. The van der Waals surface area contributed by atoms with E-state index in [9.17, 15) is 18.0 Å². The van der Waals surface area contributed by atoms with Crippen LogP contribution >= 0.6 is 0 Å². The van der Waals surface area contributed by atoms with Gasteiger partial charge in [0.05, 0.1) is 12.8 Å². The lowest BCUT2D eigenvalue weighted by Crippen LogP contribution is -2.19. The van der Waals surface area contributed by atoms with Gasteiger partial charge in [-0.3, -0.25) is 4.79 Å². The van der Waals surface area contributed by atoms with Crippen molar-refractivity contribution in [2.75, 3.05) is 12.4 Å². The normalized spacial score (nSPS) is 12.9. The maximum absolute atomic E-state index is 12.5. The van der Waals surface area contributed by atoms with Gasteiger partial charge in [0.25, 0.3) is 0 Å². The summed E-state index contributed by atoms with van der Waals surface area (Å²) in [6, 6.07) is 7.39. The first kappa shape index (κ1) is 27.5. The first-order valence-electron chi connectivity index (χ1n) is 10.9. The lowest BCUT2D eigenvalue weighted by atomic mass is 9.96. The third kappa shape index (κ3) is 8.52. The van der Waals surface area contributed by atoms with Crippen molar-refractivity contribution in [3.63, 3.8) is 0 Å². The van der Waals surface area contributed by atoms with Crippen LogP contribution in [0.3, 0.4) is 0 Å². The number of rotatable bonds is 8. The molecule has 0 unspecified atom stereocenters. The molecule has 4 nitrogen and oxygen atoms in total. The summed E-state index contributed by atoms with van der Waals surface area (Å²) in [7, 11) is 1.66. The van der Waals surface area contributed by atoms with Crippen molar-refractivity contribution in [2.45, 2.75) is 41.0 Å². The highest BCUT2D eigenvalue weighted by atomic mass is 19.4. The van der Waals surface area contributed by atoms with Crippen molar-refractivity contribution >= 4 is 17.7 Å². The van der Waals surface area contributed by atoms with Gasteiger partial charge in [-0.1, -0.05) is 48.1 Å². The van der Waals surface area contributed by atoms with Crippen LogP contribution in [0.1, 0.15) is 36.1 Å². The molecular formula is C28H30F3NO3. The minimum absolute atomic E-state index is 0.0666. The quantitative estimate of drug-likeness (QED) is 0.309. The number of nitrogens with one attached hydrogen (secondary N) is 1. The van der Waals surface area contributed by atoms with Crippen LogP contribution < -0.4 is 14.8 Å². The van der Waals surface area contributed by atoms with Gasteiger partial charge in [0.15, 0.2) is 5.75 Å². The Morgan fingerprint density at radius 1 is 0.971 bits per heavy atom. The molecule has 0 aliphatic rings. The minimum atomic E-state index is -4.85. The van der Waals surface area contributed by atoms with Gasteiger partial charge in [-0.15, -0.1) is 13.2 Å². The van der Waals surface area contributed by atoms with E-state index in [0.717, 1.165) is 39.6 Å². The maximum Gasteiger partial charge on any atom is 0.573 e. The number of allylic oxidation sites excluding steroid dienone is 6. The van der Waals surface area contributed by atoms with E-state index in [2.05, 4.69) is 23.1 Å². The second kappa shape index (κ2) is 12.1. The van der Waals surface area contributed by atoms with E-state index in [4.69, 9.17) is 4.74 Å². The zero-order chi connectivity index (χ0) is 26.2. The first-order valence-corrected chi connectivity index (χ1v) is 10.9. The highest BCUT2D eigenvalue weighted by Gasteiger charge is 2.32. The molecule has 2 aromatic carbocycles. The SMILES string of the molecule is COc1cc(C)c(C=C/C(C)=C/C=C/C(C)=C/C(=O)Nc2ccccc2OC(F)(F)F)c(C)c1C. The van der Waals surface area contributed by atoms with Crippen molar-refractivity contribution in [1.82, 2.24) is 0 Å². The van der Waals surface area contributed by atoms with Gasteiger partial charge in [0.2, 0.25) is 5.91 Å². The highest BCUT2D eigenvalue weighted by Crippen LogP contribution is 2.30. The van der Waals surface area contributed by atoms with Crippen LogP contribution in [0.2, 0.25) is 0 Å². The summed E-state index contributed by atoms with van der Waals surface area (Å²) in [5, 5.41) is 2.42. The fraction of sp³-hybridized carbons (Fsp3) is 0.250. The van der Waals surface area contributed by atoms with Crippen molar-refractivity contribution in [3.8, 4) is 11.5 Å². The molecule has 7 heteroatoms. The summed E-state index contributed by atoms with van der Waals surface area (Å²) in [5.74, 6) is -0.167. The van der Waals surface area contributed by atoms with Crippen molar-refractivity contribution < 1.29 is 27.4 Å². The molecule has 0 bridgehead atoms. The monoisotopic (exact) mass is 485 g/mol. The molecular weight excluding hydrogens is 455 g/mol. The van der Waals surface area contributed by atoms with Gasteiger partial charge >= 0.3 is 6.36 Å². The molecule has 2 aromatic rings. The molecule has 0 aromatic heterocycles. The number of para-hydroxylation sites is 2. The van der Waals surface area contributed by atoms with Crippen LogP contribution in [0, 0.1) is 20.8 Å². The molecule has 0 atom stereocenters. The standard InChI is InChI=1S/C28H30F3NO3/c1-18(14-15-23-20(3)17-26(34-6)22(5)21(23)4)10-9-11-19(2)16-27(33)32-24-12-7-8-13-25(24)35-28(29,30)31/h7-17H,1-6H3,(H,32,33)/b11-9+,15-14?,18-10+,19-16+. The Morgan fingerprint density at radius 2 is 1.66 bits per heavy atom. The van der Waals surface area contributed by atoms with Crippen LogP contribution in [-0.4, -0.2) is 19.4 Å². The second-order valence-electron chi connectivity index (χ2n) is 8.08. The fourth-order valence-electron chi connectivity index (χ4n) is 3.36. The summed E-state index contributed by atoms with van der Waals surface area (Å²) < 4.78 is 47.0. The Kier molecular flexibility index (Phi) is 9.51. The number of ether oxygens (including phenoxy) is 2. The van der Waals surface area contributed by atoms with Crippen LogP contribution in [-0.2, 0) is 4.79 Å². The summed E-state index contributed by atoms with van der Waals surface area (Å²) >= 11 is 0. The number of benzene rings is 2. The number of halogens is 3. The molecule has 0 spiro atoms. The van der Waals surface area contributed by atoms with Gasteiger partial charge < -0.3 is 14.8 Å². The Balaban J connectivity index is 2.06. The maximum atomic E-state index is 12.5. The second-order valence-corrected chi connectivity index (χ2v) is 8.08. The van der Waals surface area contributed by atoms with Crippen LogP contribution in [0.5, 0.6) is 11.5 Å². The van der Waals surface area contributed by atoms with Crippen LogP contribution in [0.15, 0.2) is 71.9 Å². The number of aryl methyl sites for hydroxylation is 1. The lowest BCUT2D eigenvalue weighted by Gasteiger charge is -2.13. The molecule has 0 radical (unpaired) electrons. The topological polar surface area (TPSA) is 47.6 Å². The van der Waals surface area contributed by atoms with Crippen molar-refractivity contribution in [1.29, 1.82) is 0 Å². The predicted molar refractivity (Wildman–Crippen MR) is 135 cm³/mol. The Labute approximate surface area is 204 Å². The van der Waals surface area contributed by atoms with Crippen LogP contribution in [0.4, 0.5) is 18.9 Å². The summed E-state index contributed by atoms with van der Waals surface area (Å²) in [5.41, 5.74) is 6.09. The largest absolute Gasteiger partial charge is 0.573 e. The van der Waals surface area contributed by atoms with Crippen molar-refractivity contribution in [2.24, 2.45) is 0 Å². The molecule has 0 saturated heterocycles. The van der Waals surface area contributed by atoms with Gasteiger partial charge in [-0.2, -0.15) is 0 Å². The highest BCUT2D eigenvalue weighted by molar-refractivity contribution is 6.00. The Bertz CT molecular complexity index is 1190. The molecule has 1 N–H and O–H groups in total. The number of anilines is 1. The predicted octanol–water partition coefficient (Wildman–Crippen LogP) is 7.62. The molecule has 186 valence electrons. The number of methoxy groups -OCH3 is 1. The van der Waals surface area contributed by atoms with Gasteiger partial charge in [0, 0.05) is 6.08 Å². The van der Waals surface area contributed by atoms with Crippen LogP contribution in [0.25, 0.3) is 6.08 Å².